The van der Waals surface area contributed by atoms with Crippen LogP contribution in [0.4, 0.5) is 0 Å². The molecule has 1 atom stereocenters. The SMILES string of the molecule is C1=CCC(NCCCCc2ccccc2)CC1. The zero-order chi connectivity index (χ0) is 11.8. The Kier molecular flexibility index (Phi) is 5.31. The van der Waals surface area contributed by atoms with Crippen molar-refractivity contribution in [2.45, 2.75) is 44.6 Å². The molecule has 0 aromatic heterocycles. The molecule has 17 heavy (non-hydrogen) atoms. The van der Waals surface area contributed by atoms with Gasteiger partial charge in [0.2, 0.25) is 0 Å². The maximum absolute atomic E-state index is 3.66. The summed E-state index contributed by atoms with van der Waals surface area (Å²) in [4.78, 5) is 0. The predicted octanol–water partition coefficient (Wildman–Crippen LogP) is 3.71. The van der Waals surface area contributed by atoms with Crippen LogP contribution in [0.1, 0.15) is 37.7 Å². The summed E-state index contributed by atoms with van der Waals surface area (Å²) >= 11 is 0. The number of unbranched alkanes of at least 4 members (excludes halogenated alkanes) is 1. The maximum atomic E-state index is 3.66. The van der Waals surface area contributed by atoms with Gasteiger partial charge in [0.15, 0.2) is 0 Å². The predicted molar refractivity (Wildman–Crippen MR) is 74.2 cm³/mol. The molecule has 0 bridgehead atoms. The van der Waals surface area contributed by atoms with Crippen LogP contribution in [0, 0.1) is 0 Å². The van der Waals surface area contributed by atoms with Gasteiger partial charge in [-0.3, -0.25) is 0 Å². The number of rotatable bonds is 6. The first-order valence-electron chi connectivity index (χ1n) is 6.87. The highest BCUT2D eigenvalue weighted by Crippen LogP contribution is 2.10. The summed E-state index contributed by atoms with van der Waals surface area (Å²) in [6.07, 6.45) is 12.2. The number of hydrogen-bond donors (Lipinski definition) is 1. The molecule has 1 nitrogen and oxygen atoms in total. The van der Waals surface area contributed by atoms with Gasteiger partial charge in [0.05, 0.1) is 0 Å². The Bertz CT molecular complexity index is 329. The van der Waals surface area contributed by atoms with Crippen molar-refractivity contribution in [3.63, 3.8) is 0 Å². The summed E-state index contributed by atoms with van der Waals surface area (Å²) in [7, 11) is 0. The average Bonchev–Trinajstić information content (AvgIpc) is 2.41. The van der Waals surface area contributed by atoms with Gasteiger partial charge in [0, 0.05) is 6.04 Å². The van der Waals surface area contributed by atoms with E-state index in [0.29, 0.717) is 0 Å². The van der Waals surface area contributed by atoms with Crippen molar-refractivity contribution < 1.29 is 0 Å². The van der Waals surface area contributed by atoms with Crippen molar-refractivity contribution in [3.8, 4) is 0 Å². The Morgan fingerprint density at radius 3 is 2.71 bits per heavy atom. The molecule has 0 fully saturated rings. The van der Waals surface area contributed by atoms with Crippen LogP contribution < -0.4 is 5.32 Å². The molecule has 1 unspecified atom stereocenters. The molecule has 0 saturated carbocycles. The molecule has 1 aromatic rings. The van der Waals surface area contributed by atoms with Gasteiger partial charge >= 0.3 is 0 Å². The third kappa shape index (κ3) is 4.74. The minimum atomic E-state index is 0.733. The zero-order valence-corrected chi connectivity index (χ0v) is 10.6. The first kappa shape index (κ1) is 12.4. The summed E-state index contributed by atoms with van der Waals surface area (Å²) in [6.45, 7) is 1.17. The third-order valence-corrected chi connectivity index (χ3v) is 3.44. The summed E-state index contributed by atoms with van der Waals surface area (Å²) in [5.74, 6) is 0. The Balaban J connectivity index is 1.53. The Hall–Kier alpha value is -1.08. The van der Waals surface area contributed by atoms with Gasteiger partial charge in [0.25, 0.3) is 0 Å². The van der Waals surface area contributed by atoms with Gasteiger partial charge in [-0.2, -0.15) is 0 Å². The number of aryl methyl sites for hydroxylation is 1. The van der Waals surface area contributed by atoms with Gasteiger partial charge in [-0.25, -0.2) is 0 Å². The molecule has 0 amide bonds. The molecule has 0 radical (unpaired) electrons. The third-order valence-electron chi connectivity index (χ3n) is 3.44. The van der Waals surface area contributed by atoms with E-state index in [1.807, 2.05) is 0 Å². The van der Waals surface area contributed by atoms with Crippen molar-refractivity contribution >= 4 is 0 Å². The minimum absolute atomic E-state index is 0.733. The number of benzene rings is 1. The zero-order valence-electron chi connectivity index (χ0n) is 10.6. The van der Waals surface area contributed by atoms with Crippen LogP contribution in [0.5, 0.6) is 0 Å². The van der Waals surface area contributed by atoms with Gasteiger partial charge in [-0.05, 0) is 50.6 Å². The van der Waals surface area contributed by atoms with Gasteiger partial charge < -0.3 is 5.32 Å². The van der Waals surface area contributed by atoms with Crippen LogP contribution in [0.15, 0.2) is 42.5 Å². The lowest BCUT2D eigenvalue weighted by Gasteiger charge is -2.19. The van der Waals surface area contributed by atoms with E-state index in [4.69, 9.17) is 0 Å². The van der Waals surface area contributed by atoms with Crippen molar-refractivity contribution in [3.05, 3.63) is 48.0 Å². The molecule has 1 N–H and O–H groups in total. The number of hydrogen-bond acceptors (Lipinski definition) is 1. The largest absolute Gasteiger partial charge is 0.314 e. The van der Waals surface area contributed by atoms with E-state index < -0.39 is 0 Å². The first-order valence-corrected chi connectivity index (χ1v) is 6.87. The summed E-state index contributed by atoms with van der Waals surface area (Å²) in [5, 5.41) is 3.66. The van der Waals surface area contributed by atoms with Gasteiger partial charge in [0.1, 0.15) is 0 Å². The summed E-state index contributed by atoms with van der Waals surface area (Å²) in [6, 6.07) is 11.5. The molecular formula is C16H23N. The average molecular weight is 229 g/mol. The highest BCUT2D eigenvalue weighted by molar-refractivity contribution is 5.14. The highest BCUT2D eigenvalue weighted by Gasteiger charge is 2.07. The number of nitrogens with one attached hydrogen (secondary N) is 1. The highest BCUT2D eigenvalue weighted by atomic mass is 14.9. The van der Waals surface area contributed by atoms with Crippen molar-refractivity contribution in [2.24, 2.45) is 0 Å². The lowest BCUT2D eigenvalue weighted by atomic mass is 10.0. The van der Waals surface area contributed by atoms with Gasteiger partial charge in [-0.15, -0.1) is 0 Å². The van der Waals surface area contributed by atoms with E-state index in [-0.39, 0.29) is 0 Å². The Morgan fingerprint density at radius 2 is 1.94 bits per heavy atom. The van der Waals surface area contributed by atoms with Crippen LogP contribution in [0.25, 0.3) is 0 Å². The van der Waals surface area contributed by atoms with Crippen LogP contribution in [0.3, 0.4) is 0 Å². The van der Waals surface area contributed by atoms with Crippen molar-refractivity contribution in [1.29, 1.82) is 0 Å². The van der Waals surface area contributed by atoms with Crippen LogP contribution >= 0.6 is 0 Å². The molecule has 1 aliphatic carbocycles. The molecule has 0 saturated heterocycles. The Morgan fingerprint density at radius 1 is 1.06 bits per heavy atom. The Labute approximate surface area is 105 Å². The quantitative estimate of drug-likeness (QED) is 0.579. The molecule has 2 rings (SSSR count). The van der Waals surface area contributed by atoms with Crippen LogP contribution in [0.2, 0.25) is 0 Å². The second-order valence-electron chi connectivity index (χ2n) is 4.88. The molecule has 1 aromatic carbocycles. The van der Waals surface area contributed by atoms with E-state index in [1.165, 1.54) is 50.6 Å². The molecule has 0 spiro atoms. The molecule has 1 heteroatoms. The normalized spacial score (nSPS) is 19.4. The molecule has 0 heterocycles. The molecular weight excluding hydrogens is 206 g/mol. The lowest BCUT2D eigenvalue weighted by molar-refractivity contribution is 0.465. The smallest absolute Gasteiger partial charge is 0.0104 e. The fourth-order valence-corrected chi connectivity index (χ4v) is 2.38. The minimum Gasteiger partial charge on any atom is -0.314 e. The van der Waals surface area contributed by atoms with E-state index in [9.17, 15) is 0 Å². The fraction of sp³-hybridized carbons (Fsp3) is 0.500. The van der Waals surface area contributed by atoms with E-state index in [0.717, 1.165) is 6.04 Å². The van der Waals surface area contributed by atoms with E-state index in [2.05, 4.69) is 47.8 Å². The standard InChI is InChI=1S/C16H23N/c1-3-9-15(10-4-1)11-7-8-14-17-16-12-5-2-6-13-16/h1-5,9-10,16-17H,6-8,11-14H2. The summed E-state index contributed by atoms with van der Waals surface area (Å²) in [5.41, 5.74) is 1.47. The van der Waals surface area contributed by atoms with E-state index >= 15 is 0 Å². The molecule has 1 aliphatic rings. The topological polar surface area (TPSA) is 12.0 Å². The number of allylic oxidation sites excluding steroid dienone is 1. The maximum Gasteiger partial charge on any atom is 0.0104 e. The summed E-state index contributed by atoms with van der Waals surface area (Å²) < 4.78 is 0. The fourth-order valence-electron chi connectivity index (χ4n) is 2.38. The first-order chi connectivity index (χ1) is 8.45. The molecule has 0 aliphatic heterocycles. The second-order valence-corrected chi connectivity index (χ2v) is 4.88. The lowest BCUT2D eigenvalue weighted by Crippen LogP contribution is -2.30. The van der Waals surface area contributed by atoms with E-state index in [1.54, 1.807) is 0 Å². The van der Waals surface area contributed by atoms with Crippen molar-refractivity contribution in [1.82, 2.24) is 5.32 Å². The van der Waals surface area contributed by atoms with Crippen LogP contribution in [-0.4, -0.2) is 12.6 Å². The van der Waals surface area contributed by atoms with Crippen LogP contribution in [-0.2, 0) is 6.42 Å². The van der Waals surface area contributed by atoms with Crippen molar-refractivity contribution in [2.75, 3.05) is 6.54 Å². The van der Waals surface area contributed by atoms with Gasteiger partial charge in [-0.1, -0.05) is 42.5 Å². The molecule has 92 valence electrons. The second kappa shape index (κ2) is 7.29. The monoisotopic (exact) mass is 229 g/mol.